The highest BCUT2D eigenvalue weighted by Gasteiger charge is 2.56. The summed E-state index contributed by atoms with van der Waals surface area (Å²) >= 11 is 3.51. The lowest BCUT2D eigenvalue weighted by Gasteiger charge is -2.62. The van der Waals surface area contributed by atoms with Gasteiger partial charge < -0.3 is 10.2 Å². The van der Waals surface area contributed by atoms with E-state index in [0.717, 1.165) is 49.9 Å². The van der Waals surface area contributed by atoms with E-state index in [1.807, 2.05) is 4.90 Å². The monoisotopic (exact) mass is 498 g/mol. The molecule has 1 N–H and O–H groups in total. The molecule has 2 heterocycles. The van der Waals surface area contributed by atoms with Gasteiger partial charge in [-0.2, -0.15) is 9.78 Å². The lowest BCUT2D eigenvalue weighted by atomic mass is 9.45. The van der Waals surface area contributed by atoms with Gasteiger partial charge in [0.05, 0.1) is 17.6 Å². The van der Waals surface area contributed by atoms with Gasteiger partial charge in [0.15, 0.2) is 0 Å². The summed E-state index contributed by atoms with van der Waals surface area (Å²) in [7, 11) is 0. The molecule has 4 fully saturated rings. The zero-order valence-corrected chi connectivity index (χ0v) is 20.6. The first kappa shape index (κ1) is 21.7. The number of nitrogens with one attached hydrogen (secondary N) is 1. The van der Waals surface area contributed by atoms with Crippen molar-refractivity contribution in [3.8, 4) is 5.69 Å². The van der Waals surface area contributed by atoms with Crippen LogP contribution in [0.5, 0.6) is 0 Å². The molecule has 3 aliphatic carbocycles. The van der Waals surface area contributed by atoms with Crippen molar-refractivity contribution >= 4 is 27.5 Å². The van der Waals surface area contributed by atoms with E-state index in [1.54, 1.807) is 30.5 Å². The van der Waals surface area contributed by atoms with Gasteiger partial charge in [-0.3, -0.25) is 9.59 Å². The second-order valence-corrected chi connectivity index (χ2v) is 11.1. The number of carbonyl (C=O) groups excluding carboxylic acids is 1. The Morgan fingerprint density at radius 1 is 1.16 bits per heavy atom. The van der Waals surface area contributed by atoms with Crippen molar-refractivity contribution in [2.75, 3.05) is 18.4 Å². The highest BCUT2D eigenvalue weighted by Crippen LogP contribution is 2.61. The number of nitrogens with zero attached hydrogens (tertiary/aromatic N) is 3. The third-order valence-corrected chi connectivity index (χ3v) is 9.13. The molecule has 6 rings (SSSR count). The van der Waals surface area contributed by atoms with Crippen LogP contribution < -0.4 is 10.9 Å². The van der Waals surface area contributed by atoms with E-state index in [9.17, 15) is 9.59 Å². The lowest BCUT2D eigenvalue weighted by molar-refractivity contribution is -0.105. The molecule has 4 aliphatic rings. The molecule has 4 atom stereocenters. The maximum Gasteiger partial charge on any atom is 0.287 e. The van der Waals surface area contributed by atoms with Crippen LogP contribution in [0.4, 0.5) is 5.69 Å². The Bertz CT molecular complexity index is 1090. The van der Waals surface area contributed by atoms with Crippen LogP contribution in [0.3, 0.4) is 0 Å². The second-order valence-electron chi connectivity index (χ2n) is 10.3. The van der Waals surface area contributed by atoms with Gasteiger partial charge >= 0.3 is 0 Å². The number of rotatable bonds is 4. The smallest absolute Gasteiger partial charge is 0.287 e. The molecular formula is C25H31BrN4O2. The first-order chi connectivity index (χ1) is 15.3. The average Bonchev–Trinajstić information content (AvgIpc) is 3.32. The van der Waals surface area contributed by atoms with Crippen LogP contribution >= 0.6 is 15.9 Å². The third kappa shape index (κ3) is 3.49. The van der Waals surface area contributed by atoms with Crippen LogP contribution in [0.25, 0.3) is 5.69 Å². The Kier molecular flexibility index (Phi) is 5.43. The summed E-state index contributed by atoms with van der Waals surface area (Å²) in [4.78, 5) is 27.5. The highest BCUT2D eigenvalue weighted by atomic mass is 79.9. The molecule has 0 spiro atoms. The Balaban J connectivity index is 1.33. The number of hydrogen-bond acceptors (Lipinski definition) is 4. The number of likely N-dealkylation sites (tertiary alicyclic amines) is 1. The van der Waals surface area contributed by atoms with Gasteiger partial charge in [0.25, 0.3) is 11.5 Å². The number of amides is 1. The normalized spacial score (nSPS) is 28.3. The number of hydrogen-bond donors (Lipinski definition) is 1. The van der Waals surface area contributed by atoms with Crippen molar-refractivity contribution in [3.63, 3.8) is 0 Å². The minimum atomic E-state index is -0.206. The minimum absolute atomic E-state index is 0.0536. The van der Waals surface area contributed by atoms with Crippen molar-refractivity contribution in [1.82, 2.24) is 14.7 Å². The molecule has 6 nitrogen and oxygen atoms in total. The van der Waals surface area contributed by atoms with Crippen molar-refractivity contribution in [1.29, 1.82) is 0 Å². The first-order valence-corrected chi connectivity index (χ1v) is 12.5. The van der Waals surface area contributed by atoms with Crippen LogP contribution in [0, 0.1) is 23.2 Å². The quantitative estimate of drug-likeness (QED) is 0.662. The van der Waals surface area contributed by atoms with E-state index in [-0.39, 0.29) is 11.5 Å². The Morgan fingerprint density at radius 3 is 2.47 bits per heavy atom. The molecule has 0 unspecified atom stereocenters. The van der Waals surface area contributed by atoms with Gasteiger partial charge in [0.2, 0.25) is 0 Å². The van der Waals surface area contributed by atoms with Gasteiger partial charge in [-0.15, -0.1) is 0 Å². The van der Waals surface area contributed by atoms with Crippen molar-refractivity contribution in [3.05, 3.63) is 50.9 Å². The van der Waals surface area contributed by atoms with Gasteiger partial charge in [-0.1, -0.05) is 20.8 Å². The van der Waals surface area contributed by atoms with E-state index in [2.05, 4.69) is 47.1 Å². The Labute approximate surface area is 197 Å². The van der Waals surface area contributed by atoms with E-state index in [0.29, 0.717) is 33.1 Å². The summed E-state index contributed by atoms with van der Waals surface area (Å²) in [6, 6.07) is 7.49. The van der Waals surface area contributed by atoms with Crippen LogP contribution in [-0.4, -0.2) is 39.7 Å². The van der Waals surface area contributed by atoms with E-state index < -0.39 is 0 Å². The summed E-state index contributed by atoms with van der Waals surface area (Å²) in [6.07, 6.45) is 6.32. The van der Waals surface area contributed by atoms with Crippen LogP contribution in [0.15, 0.2) is 39.7 Å². The number of anilines is 1. The largest absolute Gasteiger partial charge is 0.380 e. The second kappa shape index (κ2) is 8.01. The molecule has 170 valence electrons. The number of benzene rings is 1. The van der Waals surface area contributed by atoms with Crippen molar-refractivity contribution < 1.29 is 4.79 Å². The lowest BCUT2D eigenvalue weighted by Crippen LogP contribution is -2.58. The van der Waals surface area contributed by atoms with Gasteiger partial charge in [0, 0.05) is 24.7 Å². The van der Waals surface area contributed by atoms with Crippen LogP contribution in [0.1, 0.15) is 56.8 Å². The number of carbonyl (C=O) groups is 1. The number of halogens is 1. The highest BCUT2D eigenvalue weighted by molar-refractivity contribution is 9.10. The molecule has 1 amide bonds. The summed E-state index contributed by atoms with van der Waals surface area (Å²) < 4.78 is 1.87. The standard InChI is InChI=1S/C25H31BrN4O2/c1-15-19-12-17(25(19,2)3)13-20(15)28-21-14-27-30(24(32)22(21)26)18-8-6-16(7-9-18)23(31)29-10-4-5-11-29/h6-9,14-15,17,19-20,28H,4-5,10-13H2,1-3H3/t15-,17+,19-,20-/m1/s1. The molecule has 0 radical (unpaired) electrons. The molecule has 1 aromatic carbocycles. The van der Waals surface area contributed by atoms with Gasteiger partial charge in [-0.25, -0.2) is 0 Å². The molecule has 1 saturated heterocycles. The molecule has 1 aromatic heterocycles. The fourth-order valence-corrected chi connectivity index (χ4v) is 6.49. The maximum absolute atomic E-state index is 13.1. The molecule has 7 heteroatoms. The van der Waals surface area contributed by atoms with Crippen molar-refractivity contribution in [2.45, 2.75) is 52.5 Å². The van der Waals surface area contributed by atoms with E-state index >= 15 is 0 Å². The summed E-state index contributed by atoms with van der Waals surface area (Å²) in [5, 5.41) is 8.03. The molecular weight excluding hydrogens is 468 g/mol. The van der Waals surface area contributed by atoms with Gasteiger partial charge in [0.1, 0.15) is 4.47 Å². The topological polar surface area (TPSA) is 67.2 Å². The zero-order valence-electron chi connectivity index (χ0n) is 19.0. The number of aromatic nitrogens is 2. The molecule has 32 heavy (non-hydrogen) atoms. The van der Waals surface area contributed by atoms with Crippen LogP contribution in [-0.2, 0) is 0 Å². The first-order valence-electron chi connectivity index (χ1n) is 11.7. The molecule has 3 saturated carbocycles. The fourth-order valence-electron chi connectivity index (χ4n) is 6.11. The molecule has 2 bridgehead atoms. The maximum atomic E-state index is 13.1. The SMILES string of the molecule is C[C@@H]1[C@H]2C[C@@H](C[C@H]1Nc1cnn(-c3ccc(C(=O)N4CCCC4)cc3)c(=O)c1Br)C2(C)C. The van der Waals surface area contributed by atoms with E-state index in [1.165, 1.54) is 11.1 Å². The zero-order chi connectivity index (χ0) is 22.6. The predicted octanol–water partition coefficient (Wildman–Crippen LogP) is 4.71. The molecule has 1 aliphatic heterocycles. The van der Waals surface area contributed by atoms with Gasteiger partial charge in [-0.05, 0) is 89.0 Å². The fraction of sp³-hybridized carbons (Fsp3) is 0.560. The third-order valence-electron chi connectivity index (χ3n) is 8.37. The Morgan fingerprint density at radius 2 is 1.84 bits per heavy atom. The molecule has 2 aromatic rings. The Hall–Kier alpha value is -2.15. The van der Waals surface area contributed by atoms with Crippen molar-refractivity contribution in [2.24, 2.45) is 23.2 Å². The number of fused-ring (bicyclic) bond motifs is 2. The minimum Gasteiger partial charge on any atom is -0.380 e. The summed E-state index contributed by atoms with van der Waals surface area (Å²) in [5.41, 5.74) is 2.27. The summed E-state index contributed by atoms with van der Waals surface area (Å²) in [5.74, 6) is 2.09. The summed E-state index contributed by atoms with van der Waals surface area (Å²) in [6.45, 7) is 8.75. The van der Waals surface area contributed by atoms with E-state index in [4.69, 9.17) is 0 Å². The average molecular weight is 499 g/mol. The van der Waals surface area contributed by atoms with Crippen LogP contribution in [0.2, 0.25) is 0 Å². The predicted molar refractivity (Wildman–Crippen MR) is 129 cm³/mol.